The van der Waals surface area contributed by atoms with E-state index in [1.165, 1.54) is 58.0 Å². The normalized spacial score (nSPS) is 18.2. The van der Waals surface area contributed by atoms with Gasteiger partial charge in [-0.1, -0.05) is 39.5 Å². The molecule has 1 rings (SSSR count). The predicted octanol–water partition coefficient (Wildman–Crippen LogP) is 3.59. The van der Waals surface area contributed by atoms with Crippen LogP contribution in [0.5, 0.6) is 0 Å². The molecule has 0 bridgehead atoms. The molecule has 1 N–H and O–H groups in total. The molecule has 1 aliphatic rings. The largest absolute Gasteiger partial charge is 0.317 e. The lowest BCUT2D eigenvalue weighted by molar-refractivity contribution is 0.464. The van der Waals surface area contributed by atoms with E-state index in [0.29, 0.717) is 0 Å². The fraction of sp³-hybridized carbons (Fsp3) is 1.00. The molecule has 0 aromatic heterocycles. The second-order valence-electron chi connectivity index (χ2n) is 5.23. The first-order valence-electron chi connectivity index (χ1n) is 6.49. The van der Waals surface area contributed by atoms with E-state index >= 15 is 0 Å². The molecule has 0 spiro atoms. The third-order valence-electron chi connectivity index (χ3n) is 3.34. The zero-order chi connectivity index (χ0) is 10.2. The molecule has 1 aliphatic carbocycles. The first-order valence-corrected chi connectivity index (χ1v) is 6.49. The Labute approximate surface area is 89.7 Å². The number of hydrogen-bond acceptors (Lipinski definition) is 1. The SMILES string of the molecule is CC(C)CCCNCCC1CCCC1. The van der Waals surface area contributed by atoms with Gasteiger partial charge in [0.1, 0.15) is 0 Å². The first kappa shape index (κ1) is 12.0. The molecule has 0 heterocycles. The summed E-state index contributed by atoms with van der Waals surface area (Å²) in [6.45, 7) is 7.09. The van der Waals surface area contributed by atoms with Gasteiger partial charge >= 0.3 is 0 Å². The lowest BCUT2D eigenvalue weighted by Crippen LogP contribution is -2.19. The number of nitrogens with one attached hydrogen (secondary N) is 1. The van der Waals surface area contributed by atoms with Crippen molar-refractivity contribution >= 4 is 0 Å². The summed E-state index contributed by atoms with van der Waals surface area (Å²) in [5, 5.41) is 3.57. The van der Waals surface area contributed by atoms with Crippen LogP contribution in [0.3, 0.4) is 0 Å². The second-order valence-corrected chi connectivity index (χ2v) is 5.23. The molecule has 1 nitrogen and oxygen atoms in total. The molecular formula is C13H27N. The number of rotatable bonds is 7. The molecule has 1 fully saturated rings. The van der Waals surface area contributed by atoms with Crippen molar-refractivity contribution < 1.29 is 0 Å². The maximum absolute atomic E-state index is 3.57. The highest BCUT2D eigenvalue weighted by atomic mass is 14.8. The lowest BCUT2D eigenvalue weighted by atomic mass is 10.0. The van der Waals surface area contributed by atoms with Crippen molar-refractivity contribution in [3.63, 3.8) is 0 Å². The van der Waals surface area contributed by atoms with E-state index in [-0.39, 0.29) is 0 Å². The molecule has 14 heavy (non-hydrogen) atoms. The van der Waals surface area contributed by atoms with Crippen molar-refractivity contribution in [3.8, 4) is 0 Å². The fourth-order valence-electron chi connectivity index (χ4n) is 2.37. The van der Waals surface area contributed by atoms with Crippen LogP contribution in [0.15, 0.2) is 0 Å². The number of hydrogen-bond donors (Lipinski definition) is 1. The fourth-order valence-corrected chi connectivity index (χ4v) is 2.37. The van der Waals surface area contributed by atoms with Gasteiger partial charge in [-0.15, -0.1) is 0 Å². The summed E-state index contributed by atoms with van der Waals surface area (Å²) < 4.78 is 0. The third kappa shape index (κ3) is 5.64. The Morgan fingerprint density at radius 3 is 2.50 bits per heavy atom. The molecule has 0 aromatic carbocycles. The minimum absolute atomic E-state index is 0.867. The summed E-state index contributed by atoms with van der Waals surface area (Å²) in [6.07, 6.45) is 10.1. The summed E-state index contributed by atoms with van der Waals surface area (Å²) in [6, 6.07) is 0. The van der Waals surface area contributed by atoms with Crippen LogP contribution in [0.1, 0.15) is 58.8 Å². The molecular weight excluding hydrogens is 170 g/mol. The van der Waals surface area contributed by atoms with Crippen LogP contribution in [-0.4, -0.2) is 13.1 Å². The van der Waals surface area contributed by atoms with Gasteiger partial charge in [-0.25, -0.2) is 0 Å². The van der Waals surface area contributed by atoms with Gasteiger partial charge in [0.25, 0.3) is 0 Å². The van der Waals surface area contributed by atoms with Crippen molar-refractivity contribution in [1.29, 1.82) is 0 Å². The second kappa shape index (κ2) is 7.28. The summed E-state index contributed by atoms with van der Waals surface area (Å²) in [5.74, 6) is 1.92. The van der Waals surface area contributed by atoms with E-state index in [0.717, 1.165) is 11.8 Å². The van der Waals surface area contributed by atoms with Gasteiger partial charge in [0.2, 0.25) is 0 Å². The molecule has 84 valence electrons. The van der Waals surface area contributed by atoms with Gasteiger partial charge in [0, 0.05) is 0 Å². The summed E-state index contributed by atoms with van der Waals surface area (Å²) in [5.41, 5.74) is 0. The molecule has 0 radical (unpaired) electrons. The molecule has 0 unspecified atom stereocenters. The average Bonchev–Trinajstić information content (AvgIpc) is 2.63. The minimum Gasteiger partial charge on any atom is -0.317 e. The Kier molecular flexibility index (Phi) is 6.25. The lowest BCUT2D eigenvalue weighted by Gasteiger charge is -2.10. The van der Waals surface area contributed by atoms with Crippen molar-refractivity contribution in [1.82, 2.24) is 5.32 Å². The zero-order valence-corrected chi connectivity index (χ0v) is 10.0. The quantitative estimate of drug-likeness (QED) is 0.615. The Hall–Kier alpha value is -0.0400. The maximum Gasteiger partial charge on any atom is -0.00463 e. The van der Waals surface area contributed by atoms with Crippen molar-refractivity contribution in [2.75, 3.05) is 13.1 Å². The Morgan fingerprint density at radius 1 is 1.14 bits per heavy atom. The topological polar surface area (TPSA) is 12.0 Å². The highest BCUT2D eigenvalue weighted by Crippen LogP contribution is 2.26. The highest BCUT2D eigenvalue weighted by Gasteiger charge is 2.13. The highest BCUT2D eigenvalue weighted by molar-refractivity contribution is 4.68. The molecule has 0 atom stereocenters. The molecule has 0 amide bonds. The van der Waals surface area contributed by atoms with Crippen LogP contribution in [0.25, 0.3) is 0 Å². The summed E-state index contributed by atoms with van der Waals surface area (Å²) in [4.78, 5) is 0. The molecule has 0 saturated heterocycles. The van der Waals surface area contributed by atoms with Crippen molar-refractivity contribution in [2.24, 2.45) is 11.8 Å². The smallest absolute Gasteiger partial charge is 0.00463 e. The first-order chi connectivity index (χ1) is 6.79. The molecule has 1 heteroatoms. The summed E-state index contributed by atoms with van der Waals surface area (Å²) in [7, 11) is 0. The van der Waals surface area contributed by atoms with E-state index < -0.39 is 0 Å². The van der Waals surface area contributed by atoms with Gasteiger partial charge in [-0.2, -0.15) is 0 Å². The van der Waals surface area contributed by atoms with Gasteiger partial charge < -0.3 is 5.32 Å². The van der Waals surface area contributed by atoms with Gasteiger partial charge in [0.15, 0.2) is 0 Å². The third-order valence-corrected chi connectivity index (χ3v) is 3.34. The molecule has 1 saturated carbocycles. The van der Waals surface area contributed by atoms with Gasteiger partial charge in [-0.05, 0) is 44.2 Å². The molecule has 0 aromatic rings. The van der Waals surface area contributed by atoms with Crippen LogP contribution in [0.2, 0.25) is 0 Å². The van der Waals surface area contributed by atoms with Gasteiger partial charge in [0.05, 0.1) is 0 Å². The van der Waals surface area contributed by atoms with Crippen LogP contribution >= 0.6 is 0 Å². The van der Waals surface area contributed by atoms with Gasteiger partial charge in [-0.3, -0.25) is 0 Å². The van der Waals surface area contributed by atoms with E-state index in [1.54, 1.807) is 0 Å². The summed E-state index contributed by atoms with van der Waals surface area (Å²) >= 11 is 0. The Bertz CT molecular complexity index is 125. The van der Waals surface area contributed by atoms with Crippen LogP contribution in [0.4, 0.5) is 0 Å². The Morgan fingerprint density at radius 2 is 1.86 bits per heavy atom. The predicted molar refractivity (Wildman–Crippen MR) is 63.5 cm³/mol. The monoisotopic (exact) mass is 197 g/mol. The average molecular weight is 197 g/mol. The van der Waals surface area contributed by atoms with E-state index in [2.05, 4.69) is 19.2 Å². The van der Waals surface area contributed by atoms with Crippen molar-refractivity contribution in [2.45, 2.75) is 58.8 Å². The van der Waals surface area contributed by atoms with Crippen molar-refractivity contribution in [3.05, 3.63) is 0 Å². The van der Waals surface area contributed by atoms with E-state index in [1.807, 2.05) is 0 Å². The maximum atomic E-state index is 3.57. The Balaban J connectivity index is 1.79. The van der Waals surface area contributed by atoms with Crippen LogP contribution in [0, 0.1) is 11.8 Å². The zero-order valence-electron chi connectivity index (χ0n) is 10.0. The van der Waals surface area contributed by atoms with Crippen LogP contribution < -0.4 is 5.32 Å². The molecule has 0 aliphatic heterocycles. The minimum atomic E-state index is 0.867. The van der Waals surface area contributed by atoms with E-state index in [9.17, 15) is 0 Å². The van der Waals surface area contributed by atoms with Crippen LogP contribution in [-0.2, 0) is 0 Å². The van der Waals surface area contributed by atoms with E-state index in [4.69, 9.17) is 0 Å². The standard InChI is InChI=1S/C13H27N/c1-12(2)6-5-10-14-11-9-13-7-3-4-8-13/h12-14H,3-11H2,1-2H3.